The molecule has 2 nitrogen and oxygen atoms in total. The van der Waals surface area contributed by atoms with Crippen LogP contribution in [0.25, 0.3) is 82.7 Å². The van der Waals surface area contributed by atoms with Crippen LogP contribution in [-0.2, 0) is 0 Å². The lowest BCUT2D eigenvalue weighted by atomic mass is 9.86. The lowest BCUT2D eigenvalue weighted by Crippen LogP contribution is -1.97. The van der Waals surface area contributed by atoms with Crippen molar-refractivity contribution in [2.24, 2.45) is 0 Å². The van der Waals surface area contributed by atoms with Crippen molar-refractivity contribution in [3.8, 4) is 39.3 Å². The van der Waals surface area contributed by atoms with Crippen LogP contribution in [0.1, 0.15) is 0 Å². The number of para-hydroxylation sites is 2. The van der Waals surface area contributed by atoms with Gasteiger partial charge in [-0.15, -0.1) is 0 Å². The van der Waals surface area contributed by atoms with Gasteiger partial charge in [0.15, 0.2) is 0 Å². The molecule has 8 aromatic carbocycles. The lowest BCUT2D eigenvalue weighted by Gasteiger charge is -2.17. The van der Waals surface area contributed by atoms with Crippen molar-refractivity contribution in [1.82, 2.24) is 9.55 Å². The molecule has 0 aliphatic carbocycles. The minimum Gasteiger partial charge on any atom is -0.292 e. The molecule has 9 aromatic rings. The standard InChI is InChI=1S/C43H26N2/c1-2-13-31(14-3-1)43-44-39-20-10-11-21-40(39)45(43)34-26-24-30(25-27-34)41-35-16-6-8-18-37(35)42(38-19-9-7-17-36(38)41)33-23-22-29-12-4-5-15-32(29)28-33/h1-6,8-16,18-28H. The van der Waals surface area contributed by atoms with E-state index in [4.69, 9.17) is 4.98 Å². The molecular formula is C43H26N2. The Morgan fingerprint density at radius 2 is 1.18 bits per heavy atom. The van der Waals surface area contributed by atoms with Crippen LogP contribution in [0.15, 0.2) is 158 Å². The fourth-order valence-corrected chi connectivity index (χ4v) is 6.79. The predicted octanol–water partition coefficient (Wildman–Crippen LogP) is 11.1. The van der Waals surface area contributed by atoms with Crippen LogP contribution in [0.3, 0.4) is 0 Å². The molecule has 2 heteroatoms. The van der Waals surface area contributed by atoms with Gasteiger partial charge in [-0.05, 0) is 86.1 Å². The van der Waals surface area contributed by atoms with Crippen LogP contribution >= 0.6 is 0 Å². The van der Waals surface area contributed by atoms with Crippen molar-refractivity contribution in [1.29, 1.82) is 0 Å². The monoisotopic (exact) mass is 570 g/mol. The summed E-state index contributed by atoms with van der Waals surface area (Å²) in [5.74, 6) is 0.933. The quantitative estimate of drug-likeness (QED) is 0.206. The molecule has 0 N–H and O–H groups in total. The van der Waals surface area contributed by atoms with Crippen LogP contribution in [0.4, 0.5) is 0 Å². The summed E-state index contributed by atoms with van der Waals surface area (Å²) in [4.78, 5) is 5.03. The van der Waals surface area contributed by atoms with E-state index in [1.807, 2.05) is 18.2 Å². The average Bonchev–Trinajstić information content (AvgIpc) is 3.51. The van der Waals surface area contributed by atoms with E-state index in [1.165, 1.54) is 43.6 Å². The number of benzene rings is 7. The smallest absolute Gasteiger partial charge is 0.145 e. The minimum absolute atomic E-state index is 0.933. The maximum absolute atomic E-state index is 5.03. The predicted molar refractivity (Wildman–Crippen MR) is 188 cm³/mol. The molecular weight excluding hydrogens is 544 g/mol. The molecule has 9 rings (SSSR count). The van der Waals surface area contributed by atoms with Gasteiger partial charge in [0.25, 0.3) is 0 Å². The van der Waals surface area contributed by atoms with Gasteiger partial charge in [0.1, 0.15) is 5.82 Å². The van der Waals surface area contributed by atoms with Gasteiger partial charge in [-0.2, -0.15) is 0 Å². The Morgan fingerprint density at radius 1 is 0.489 bits per heavy atom. The number of fused-ring (bicyclic) bond motifs is 4. The second-order valence-corrected chi connectivity index (χ2v) is 11.4. The Morgan fingerprint density at radius 3 is 2.02 bits per heavy atom. The lowest BCUT2D eigenvalue weighted by molar-refractivity contribution is 1.10. The summed E-state index contributed by atoms with van der Waals surface area (Å²) in [6, 6.07) is 62.6. The molecule has 0 fully saturated rings. The summed E-state index contributed by atoms with van der Waals surface area (Å²) in [6.45, 7) is 0. The first-order valence-electron chi connectivity index (χ1n) is 15.2. The molecule has 0 amide bonds. The maximum Gasteiger partial charge on any atom is 0.145 e. The van der Waals surface area contributed by atoms with Gasteiger partial charge >= 0.3 is 0 Å². The van der Waals surface area contributed by atoms with Crippen molar-refractivity contribution in [3.63, 3.8) is 0 Å². The Balaban J connectivity index is 1.26. The third-order valence-corrected chi connectivity index (χ3v) is 8.83. The first-order valence-corrected chi connectivity index (χ1v) is 15.2. The number of imidazole rings is 1. The topological polar surface area (TPSA) is 17.8 Å². The van der Waals surface area contributed by atoms with Gasteiger partial charge in [0, 0.05) is 22.2 Å². The van der Waals surface area contributed by atoms with E-state index in [0.29, 0.717) is 0 Å². The molecule has 1 heterocycles. The van der Waals surface area contributed by atoms with Crippen molar-refractivity contribution >= 4 is 43.4 Å². The summed E-state index contributed by atoms with van der Waals surface area (Å²) in [5, 5.41) is 7.16. The SMILES string of the molecule is c1ccc2c(-c3ccc4ccccc4c3)c3ccccc3c(-c3ccc(-n4c(-c5ccccc5)nc5ccccc54)cc3)c2c#1. The van der Waals surface area contributed by atoms with Gasteiger partial charge in [-0.25, -0.2) is 4.98 Å². The third kappa shape index (κ3) is 4.10. The summed E-state index contributed by atoms with van der Waals surface area (Å²) in [5.41, 5.74) is 8.98. The molecule has 0 bridgehead atoms. The third-order valence-electron chi connectivity index (χ3n) is 8.83. The number of hydrogen-bond acceptors (Lipinski definition) is 1. The van der Waals surface area contributed by atoms with E-state index in [-0.39, 0.29) is 0 Å². The normalized spacial score (nSPS) is 11.4. The van der Waals surface area contributed by atoms with Crippen LogP contribution in [0.5, 0.6) is 0 Å². The summed E-state index contributed by atoms with van der Waals surface area (Å²) < 4.78 is 2.26. The van der Waals surface area contributed by atoms with Crippen LogP contribution < -0.4 is 0 Å². The largest absolute Gasteiger partial charge is 0.292 e. The first-order chi connectivity index (χ1) is 22.3. The zero-order valence-corrected chi connectivity index (χ0v) is 24.4. The highest BCUT2D eigenvalue weighted by molar-refractivity contribution is 6.21. The van der Waals surface area contributed by atoms with Gasteiger partial charge in [-0.1, -0.05) is 127 Å². The van der Waals surface area contributed by atoms with Crippen molar-refractivity contribution in [2.45, 2.75) is 0 Å². The number of rotatable bonds is 4. The van der Waals surface area contributed by atoms with E-state index in [0.717, 1.165) is 39.1 Å². The van der Waals surface area contributed by atoms with Gasteiger partial charge in [0.2, 0.25) is 0 Å². The molecule has 1 aromatic heterocycles. The number of aromatic nitrogens is 2. The molecule has 208 valence electrons. The maximum atomic E-state index is 5.03. The molecule has 0 atom stereocenters. The Bertz CT molecular complexity index is 2470. The fourth-order valence-electron chi connectivity index (χ4n) is 6.79. The van der Waals surface area contributed by atoms with E-state index in [9.17, 15) is 0 Å². The highest BCUT2D eigenvalue weighted by Gasteiger charge is 2.18. The second kappa shape index (κ2) is 10.2. The molecule has 0 unspecified atom stereocenters. The zero-order chi connectivity index (χ0) is 29.7. The molecule has 0 aliphatic rings. The van der Waals surface area contributed by atoms with Crippen LogP contribution in [0.2, 0.25) is 0 Å². The number of hydrogen-bond donors (Lipinski definition) is 0. The molecule has 0 saturated heterocycles. The highest BCUT2D eigenvalue weighted by Crippen LogP contribution is 2.43. The first kappa shape index (κ1) is 25.3. The van der Waals surface area contributed by atoms with E-state index >= 15 is 0 Å². The average molecular weight is 571 g/mol. The van der Waals surface area contributed by atoms with Gasteiger partial charge in [0.05, 0.1) is 11.0 Å². The summed E-state index contributed by atoms with van der Waals surface area (Å²) >= 11 is 0. The highest BCUT2D eigenvalue weighted by atomic mass is 15.1. The summed E-state index contributed by atoms with van der Waals surface area (Å²) in [6.07, 6.45) is 0. The van der Waals surface area contributed by atoms with Crippen molar-refractivity contribution in [2.75, 3.05) is 0 Å². The zero-order valence-electron chi connectivity index (χ0n) is 24.4. The molecule has 0 aliphatic heterocycles. The fraction of sp³-hybridized carbons (Fsp3) is 0. The molecule has 0 saturated carbocycles. The molecule has 0 radical (unpaired) electrons. The Hall–Kier alpha value is -6.17. The molecule has 45 heavy (non-hydrogen) atoms. The van der Waals surface area contributed by atoms with Crippen molar-refractivity contribution in [3.05, 3.63) is 170 Å². The van der Waals surface area contributed by atoms with Crippen LogP contribution in [0, 0.1) is 12.1 Å². The van der Waals surface area contributed by atoms with E-state index in [2.05, 4.69) is 156 Å². The minimum atomic E-state index is 0.933. The van der Waals surface area contributed by atoms with Gasteiger partial charge < -0.3 is 0 Å². The van der Waals surface area contributed by atoms with E-state index < -0.39 is 0 Å². The number of nitrogens with zero attached hydrogens (tertiary/aromatic N) is 2. The van der Waals surface area contributed by atoms with Crippen LogP contribution in [-0.4, -0.2) is 9.55 Å². The Kier molecular flexibility index (Phi) is 5.76. The molecule has 0 spiro atoms. The Labute approximate surface area is 261 Å². The van der Waals surface area contributed by atoms with Gasteiger partial charge in [-0.3, -0.25) is 4.57 Å². The van der Waals surface area contributed by atoms with Crippen molar-refractivity contribution < 1.29 is 0 Å². The second-order valence-electron chi connectivity index (χ2n) is 11.4. The van der Waals surface area contributed by atoms with E-state index in [1.54, 1.807) is 0 Å². The summed E-state index contributed by atoms with van der Waals surface area (Å²) in [7, 11) is 0.